The lowest BCUT2D eigenvalue weighted by Gasteiger charge is -2.24. The van der Waals surface area contributed by atoms with Gasteiger partial charge in [-0.05, 0) is 77.9 Å². The van der Waals surface area contributed by atoms with Crippen molar-refractivity contribution in [2.45, 2.75) is 39.7 Å². The monoisotopic (exact) mass is 430 g/mol. The number of hydrogen-bond acceptors (Lipinski definition) is 3. The van der Waals surface area contributed by atoms with E-state index in [1.807, 2.05) is 36.4 Å². The Bertz CT molecular complexity index is 1060. The van der Waals surface area contributed by atoms with Crippen LogP contribution in [-0.2, 0) is 13.0 Å². The predicted octanol–water partition coefficient (Wildman–Crippen LogP) is 5.44. The number of aryl methyl sites for hydroxylation is 1. The molecule has 0 aliphatic carbocycles. The highest BCUT2D eigenvalue weighted by Crippen LogP contribution is 2.23. The van der Waals surface area contributed by atoms with Gasteiger partial charge in [-0.1, -0.05) is 50.2 Å². The first kappa shape index (κ1) is 22.3. The second kappa shape index (κ2) is 10.6. The van der Waals surface area contributed by atoms with E-state index in [0.717, 1.165) is 49.0 Å². The third-order valence-corrected chi connectivity index (χ3v) is 6.16. The molecule has 1 amide bonds. The van der Waals surface area contributed by atoms with E-state index < -0.39 is 0 Å². The number of rotatable bonds is 8. The van der Waals surface area contributed by atoms with Crippen LogP contribution < -0.4 is 10.1 Å². The molecule has 4 heteroatoms. The van der Waals surface area contributed by atoms with Gasteiger partial charge in [0, 0.05) is 25.2 Å². The summed E-state index contributed by atoms with van der Waals surface area (Å²) in [5.41, 5.74) is 3.63. The summed E-state index contributed by atoms with van der Waals surface area (Å²) in [5.74, 6) is 1.26. The summed E-state index contributed by atoms with van der Waals surface area (Å²) in [7, 11) is 0. The molecule has 3 aromatic carbocycles. The number of hydrogen-bond donors (Lipinski definition) is 1. The van der Waals surface area contributed by atoms with Gasteiger partial charge < -0.3 is 10.1 Å². The zero-order valence-electron chi connectivity index (χ0n) is 19.3. The highest BCUT2D eigenvalue weighted by atomic mass is 16.5. The fourth-order valence-electron chi connectivity index (χ4n) is 4.47. The Kier molecular flexibility index (Phi) is 7.43. The smallest absolute Gasteiger partial charge is 0.251 e. The number of carbonyl (C=O) groups is 1. The van der Waals surface area contributed by atoms with E-state index >= 15 is 0 Å². The second-order valence-corrected chi connectivity index (χ2v) is 8.99. The lowest BCUT2D eigenvalue weighted by atomic mass is 10.0. The number of nitrogens with one attached hydrogen (secondary N) is 1. The van der Waals surface area contributed by atoms with Crippen molar-refractivity contribution in [3.05, 3.63) is 77.4 Å². The average Bonchev–Trinajstić information content (AvgIpc) is 3.02. The van der Waals surface area contributed by atoms with Crippen LogP contribution in [0.3, 0.4) is 0 Å². The van der Waals surface area contributed by atoms with Gasteiger partial charge in [-0.3, -0.25) is 9.69 Å². The number of benzene rings is 3. The van der Waals surface area contributed by atoms with Crippen molar-refractivity contribution in [2.24, 2.45) is 5.92 Å². The molecule has 0 bridgehead atoms. The fourth-order valence-corrected chi connectivity index (χ4v) is 4.47. The van der Waals surface area contributed by atoms with Crippen molar-refractivity contribution < 1.29 is 9.53 Å². The summed E-state index contributed by atoms with van der Waals surface area (Å²) in [4.78, 5) is 15.3. The van der Waals surface area contributed by atoms with Crippen LogP contribution in [0.15, 0.2) is 60.7 Å². The van der Waals surface area contributed by atoms with Gasteiger partial charge in [0.25, 0.3) is 5.91 Å². The van der Waals surface area contributed by atoms with E-state index in [0.29, 0.717) is 24.6 Å². The van der Waals surface area contributed by atoms with Crippen LogP contribution in [0, 0.1) is 5.92 Å². The summed E-state index contributed by atoms with van der Waals surface area (Å²) in [6.45, 7) is 8.82. The van der Waals surface area contributed by atoms with Crippen molar-refractivity contribution in [1.29, 1.82) is 0 Å². The quantitative estimate of drug-likeness (QED) is 0.517. The topological polar surface area (TPSA) is 41.6 Å². The minimum absolute atomic E-state index is 0.00808. The molecule has 0 radical (unpaired) electrons. The van der Waals surface area contributed by atoms with Crippen molar-refractivity contribution >= 4 is 16.7 Å². The maximum atomic E-state index is 12.8. The molecule has 1 heterocycles. The predicted molar refractivity (Wildman–Crippen MR) is 131 cm³/mol. The Hall–Kier alpha value is -2.85. The molecule has 0 fully saturated rings. The highest BCUT2D eigenvalue weighted by molar-refractivity contribution is 5.98. The standard InChI is InChI=1S/C28H34N2O2/c1-3-15-32-27-13-12-23-16-25(11-10-24(23)17-27)28(31)29-18-21(2)19-30-14-6-9-22-7-4-5-8-26(22)20-30/h4-5,7-8,10-13,16-17,21H,3,6,9,14-15,18-20H2,1-2H3,(H,29,31)/t21-/m0/s1. The van der Waals surface area contributed by atoms with Crippen LogP contribution in [0.5, 0.6) is 5.75 Å². The van der Waals surface area contributed by atoms with Crippen molar-refractivity contribution in [1.82, 2.24) is 10.2 Å². The Labute approximate surface area is 191 Å². The molecule has 0 saturated carbocycles. The van der Waals surface area contributed by atoms with E-state index in [1.54, 1.807) is 0 Å². The molecule has 0 saturated heterocycles. The first-order valence-electron chi connectivity index (χ1n) is 11.9. The lowest BCUT2D eigenvalue weighted by molar-refractivity contribution is 0.0943. The number of carbonyl (C=O) groups excluding carboxylic acids is 1. The Morgan fingerprint density at radius 2 is 1.84 bits per heavy atom. The number of fused-ring (bicyclic) bond motifs is 2. The summed E-state index contributed by atoms with van der Waals surface area (Å²) in [6.07, 6.45) is 3.34. The fraction of sp³-hybridized carbons (Fsp3) is 0.393. The molecule has 1 atom stereocenters. The molecule has 4 rings (SSSR count). The molecule has 3 aromatic rings. The molecule has 0 spiro atoms. The largest absolute Gasteiger partial charge is 0.494 e. The number of nitrogens with zero attached hydrogens (tertiary/aromatic N) is 1. The molecule has 1 N–H and O–H groups in total. The molecule has 32 heavy (non-hydrogen) atoms. The third-order valence-electron chi connectivity index (χ3n) is 6.16. The van der Waals surface area contributed by atoms with Gasteiger partial charge >= 0.3 is 0 Å². The molecular weight excluding hydrogens is 396 g/mol. The summed E-state index contributed by atoms with van der Waals surface area (Å²) < 4.78 is 5.71. The minimum Gasteiger partial charge on any atom is -0.494 e. The van der Waals surface area contributed by atoms with Gasteiger partial charge in [0.2, 0.25) is 0 Å². The average molecular weight is 431 g/mol. The van der Waals surface area contributed by atoms with E-state index in [9.17, 15) is 4.79 Å². The second-order valence-electron chi connectivity index (χ2n) is 8.99. The molecule has 0 aromatic heterocycles. The lowest BCUT2D eigenvalue weighted by Crippen LogP contribution is -2.35. The van der Waals surface area contributed by atoms with Gasteiger partial charge in [-0.2, -0.15) is 0 Å². The summed E-state index contributed by atoms with van der Waals surface area (Å²) in [6, 6.07) is 20.7. The van der Waals surface area contributed by atoms with Gasteiger partial charge in [-0.15, -0.1) is 0 Å². The van der Waals surface area contributed by atoms with E-state index in [4.69, 9.17) is 4.74 Å². The molecule has 1 aliphatic heterocycles. The Morgan fingerprint density at radius 1 is 1.06 bits per heavy atom. The summed E-state index contributed by atoms with van der Waals surface area (Å²) >= 11 is 0. The van der Waals surface area contributed by atoms with Crippen LogP contribution in [0.2, 0.25) is 0 Å². The summed E-state index contributed by atoms with van der Waals surface area (Å²) in [5, 5.41) is 5.28. The van der Waals surface area contributed by atoms with E-state index in [1.165, 1.54) is 17.5 Å². The van der Waals surface area contributed by atoms with Crippen molar-refractivity contribution in [3.63, 3.8) is 0 Å². The van der Waals surface area contributed by atoms with Crippen LogP contribution in [0.25, 0.3) is 10.8 Å². The van der Waals surface area contributed by atoms with Crippen molar-refractivity contribution in [2.75, 3.05) is 26.2 Å². The maximum absolute atomic E-state index is 12.8. The number of amides is 1. The normalized spacial score (nSPS) is 15.1. The highest BCUT2D eigenvalue weighted by Gasteiger charge is 2.17. The zero-order chi connectivity index (χ0) is 22.3. The van der Waals surface area contributed by atoms with Gasteiger partial charge in [0.1, 0.15) is 5.75 Å². The first-order valence-corrected chi connectivity index (χ1v) is 11.9. The minimum atomic E-state index is -0.00808. The van der Waals surface area contributed by atoms with Crippen LogP contribution in [-0.4, -0.2) is 37.0 Å². The molecule has 4 nitrogen and oxygen atoms in total. The van der Waals surface area contributed by atoms with Crippen molar-refractivity contribution in [3.8, 4) is 5.75 Å². The maximum Gasteiger partial charge on any atom is 0.251 e. The third kappa shape index (κ3) is 5.68. The van der Waals surface area contributed by atoms with Crippen LogP contribution in [0.4, 0.5) is 0 Å². The Balaban J connectivity index is 1.31. The van der Waals surface area contributed by atoms with Crippen LogP contribution in [0.1, 0.15) is 48.2 Å². The van der Waals surface area contributed by atoms with Crippen LogP contribution >= 0.6 is 0 Å². The molecule has 0 unspecified atom stereocenters. The SMILES string of the molecule is CCCOc1ccc2cc(C(=O)NC[C@H](C)CN3CCCc4ccccc4C3)ccc2c1. The van der Waals surface area contributed by atoms with Gasteiger partial charge in [0.05, 0.1) is 6.61 Å². The molecular formula is C28H34N2O2. The van der Waals surface area contributed by atoms with Gasteiger partial charge in [0.15, 0.2) is 0 Å². The number of ether oxygens (including phenoxy) is 1. The van der Waals surface area contributed by atoms with E-state index in [-0.39, 0.29) is 5.91 Å². The first-order chi connectivity index (χ1) is 15.6. The molecule has 1 aliphatic rings. The van der Waals surface area contributed by atoms with E-state index in [2.05, 4.69) is 48.3 Å². The van der Waals surface area contributed by atoms with Gasteiger partial charge in [-0.25, -0.2) is 0 Å². The molecule has 168 valence electrons. The Morgan fingerprint density at radius 3 is 2.69 bits per heavy atom. The zero-order valence-corrected chi connectivity index (χ0v) is 19.3.